The quantitative estimate of drug-likeness (QED) is 0.637. The smallest absolute Gasteiger partial charge is 0.259 e. The third-order valence-electron chi connectivity index (χ3n) is 5.12. The van der Waals surface area contributed by atoms with Crippen molar-refractivity contribution in [2.75, 3.05) is 52.4 Å². The number of benzene rings is 2. The average Bonchev–Trinajstić information content (AvgIpc) is 2.79. The van der Waals surface area contributed by atoms with Crippen molar-refractivity contribution in [1.82, 2.24) is 4.90 Å². The van der Waals surface area contributed by atoms with Gasteiger partial charge in [0.1, 0.15) is 11.5 Å². The van der Waals surface area contributed by atoms with Gasteiger partial charge in [0, 0.05) is 25.1 Å². The number of rotatable bonds is 9. The van der Waals surface area contributed by atoms with Crippen molar-refractivity contribution in [3.8, 4) is 11.5 Å². The molecule has 1 N–H and O–H groups in total. The van der Waals surface area contributed by atoms with E-state index in [0.29, 0.717) is 34.7 Å². The molecule has 2 aromatic carbocycles. The lowest BCUT2D eigenvalue weighted by molar-refractivity contribution is 0.0371. The first-order valence-corrected chi connectivity index (χ1v) is 10.1. The van der Waals surface area contributed by atoms with Gasteiger partial charge in [0.15, 0.2) is 5.78 Å². The van der Waals surface area contributed by atoms with Crippen LogP contribution >= 0.6 is 0 Å². The van der Waals surface area contributed by atoms with E-state index in [1.165, 1.54) is 14.2 Å². The Hall–Kier alpha value is -2.90. The molecule has 30 heavy (non-hydrogen) atoms. The highest BCUT2D eigenvalue weighted by molar-refractivity contribution is 6.11. The lowest BCUT2D eigenvalue weighted by Crippen LogP contribution is -2.36. The maximum absolute atomic E-state index is 12.9. The van der Waals surface area contributed by atoms with Crippen LogP contribution < -0.4 is 14.8 Å². The number of amides is 1. The second-order valence-electron chi connectivity index (χ2n) is 7.02. The van der Waals surface area contributed by atoms with Crippen LogP contribution in [0.1, 0.15) is 33.6 Å². The number of ketones is 1. The molecule has 0 atom stereocenters. The molecule has 1 fully saturated rings. The van der Waals surface area contributed by atoms with E-state index in [4.69, 9.17) is 14.2 Å². The van der Waals surface area contributed by atoms with E-state index in [-0.39, 0.29) is 11.7 Å². The van der Waals surface area contributed by atoms with Crippen molar-refractivity contribution in [2.45, 2.75) is 12.8 Å². The van der Waals surface area contributed by atoms with Crippen molar-refractivity contribution in [1.29, 1.82) is 0 Å². The summed E-state index contributed by atoms with van der Waals surface area (Å²) in [5.74, 6) is 0.511. The summed E-state index contributed by atoms with van der Waals surface area (Å²) >= 11 is 0. The van der Waals surface area contributed by atoms with Crippen LogP contribution in [0.2, 0.25) is 0 Å². The van der Waals surface area contributed by atoms with Crippen molar-refractivity contribution in [2.24, 2.45) is 0 Å². The topological polar surface area (TPSA) is 77.1 Å². The van der Waals surface area contributed by atoms with Crippen LogP contribution in [0.15, 0.2) is 42.5 Å². The zero-order valence-electron chi connectivity index (χ0n) is 17.5. The number of methoxy groups -OCH3 is 2. The van der Waals surface area contributed by atoms with Crippen LogP contribution in [0.5, 0.6) is 11.5 Å². The average molecular weight is 412 g/mol. The zero-order chi connectivity index (χ0) is 21.3. The third-order valence-corrected chi connectivity index (χ3v) is 5.12. The van der Waals surface area contributed by atoms with Gasteiger partial charge in [-0.1, -0.05) is 18.2 Å². The number of Topliss-reactive ketones (excluding diaryl/α,β-unsaturated/α-hetero) is 1. The molecular weight excluding hydrogens is 384 g/mol. The third kappa shape index (κ3) is 5.37. The minimum atomic E-state index is -0.362. The molecule has 7 heteroatoms. The molecule has 3 rings (SSSR count). The molecule has 1 aliphatic rings. The van der Waals surface area contributed by atoms with Crippen LogP contribution in [-0.2, 0) is 4.74 Å². The van der Waals surface area contributed by atoms with Gasteiger partial charge in [-0.3, -0.25) is 14.5 Å². The summed E-state index contributed by atoms with van der Waals surface area (Å²) < 4.78 is 16.0. The molecule has 160 valence electrons. The molecule has 7 nitrogen and oxygen atoms in total. The number of carbonyl (C=O) groups is 2. The predicted molar refractivity (Wildman–Crippen MR) is 115 cm³/mol. The van der Waals surface area contributed by atoms with Crippen molar-refractivity contribution < 1.29 is 23.8 Å². The van der Waals surface area contributed by atoms with Gasteiger partial charge < -0.3 is 19.5 Å². The minimum absolute atomic E-state index is 0.0301. The van der Waals surface area contributed by atoms with E-state index in [9.17, 15) is 9.59 Å². The minimum Gasteiger partial charge on any atom is -0.496 e. The Bertz CT molecular complexity index is 878. The number of morpholine rings is 1. The molecule has 0 bridgehead atoms. The van der Waals surface area contributed by atoms with Gasteiger partial charge in [0.2, 0.25) is 0 Å². The number of hydrogen-bond acceptors (Lipinski definition) is 6. The molecule has 0 unspecified atom stereocenters. The molecule has 1 saturated heterocycles. The Morgan fingerprint density at radius 2 is 1.63 bits per heavy atom. The van der Waals surface area contributed by atoms with Gasteiger partial charge in [0.25, 0.3) is 5.91 Å². The first kappa shape index (κ1) is 21.8. The first-order valence-electron chi connectivity index (χ1n) is 10.1. The maximum Gasteiger partial charge on any atom is 0.259 e. The number of nitrogens with zero attached hydrogens (tertiary/aromatic N) is 1. The van der Waals surface area contributed by atoms with E-state index in [1.54, 1.807) is 42.5 Å². The van der Waals surface area contributed by atoms with Crippen molar-refractivity contribution in [3.05, 3.63) is 53.6 Å². The molecule has 0 aromatic heterocycles. The molecule has 1 heterocycles. The fourth-order valence-corrected chi connectivity index (χ4v) is 3.50. The highest BCUT2D eigenvalue weighted by Crippen LogP contribution is 2.31. The molecule has 0 spiro atoms. The standard InChI is InChI=1S/C23H28N2O5/c1-28-20-10-4-3-7-18(20)23(27)24-22-17(8-5-11-21(22)29-2)19(26)9-6-12-25-13-15-30-16-14-25/h3-5,7-8,10-11H,6,9,12-16H2,1-2H3,(H,24,27). The van der Waals surface area contributed by atoms with Gasteiger partial charge in [-0.25, -0.2) is 0 Å². The summed E-state index contributed by atoms with van der Waals surface area (Å²) in [6, 6.07) is 12.1. The molecule has 2 aromatic rings. The number of ether oxygens (including phenoxy) is 3. The summed E-state index contributed by atoms with van der Waals surface area (Å²) in [4.78, 5) is 28.1. The summed E-state index contributed by atoms with van der Waals surface area (Å²) in [6.45, 7) is 4.12. The Morgan fingerprint density at radius 3 is 2.37 bits per heavy atom. The Labute approximate surface area is 176 Å². The summed E-state index contributed by atoms with van der Waals surface area (Å²) in [6.07, 6.45) is 1.14. The van der Waals surface area contributed by atoms with E-state index in [2.05, 4.69) is 10.2 Å². The van der Waals surface area contributed by atoms with Gasteiger partial charge >= 0.3 is 0 Å². The van der Waals surface area contributed by atoms with E-state index in [1.807, 2.05) is 0 Å². The van der Waals surface area contributed by atoms with Crippen LogP contribution in [0.4, 0.5) is 5.69 Å². The largest absolute Gasteiger partial charge is 0.496 e. The first-order chi connectivity index (χ1) is 14.6. The Balaban J connectivity index is 1.73. The molecule has 0 aliphatic carbocycles. The van der Waals surface area contributed by atoms with Gasteiger partial charge in [-0.05, 0) is 37.2 Å². The van der Waals surface area contributed by atoms with Gasteiger partial charge in [-0.2, -0.15) is 0 Å². The van der Waals surface area contributed by atoms with E-state index >= 15 is 0 Å². The SMILES string of the molecule is COc1ccccc1C(=O)Nc1c(OC)cccc1C(=O)CCCN1CCOCC1. The molecule has 1 aliphatic heterocycles. The van der Waals surface area contributed by atoms with Crippen molar-refractivity contribution >= 4 is 17.4 Å². The zero-order valence-corrected chi connectivity index (χ0v) is 17.5. The molecule has 0 saturated carbocycles. The highest BCUT2D eigenvalue weighted by atomic mass is 16.5. The van der Waals surface area contributed by atoms with Gasteiger partial charge in [-0.15, -0.1) is 0 Å². The van der Waals surface area contributed by atoms with E-state index in [0.717, 1.165) is 39.3 Å². The number of anilines is 1. The molecular formula is C23H28N2O5. The lowest BCUT2D eigenvalue weighted by atomic mass is 10.0. The number of hydrogen-bond donors (Lipinski definition) is 1. The normalized spacial score (nSPS) is 14.2. The number of nitrogens with one attached hydrogen (secondary N) is 1. The van der Waals surface area contributed by atoms with E-state index < -0.39 is 0 Å². The van der Waals surface area contributed by atoms with Gasteiger partial charge in [0.05, 0.1) is 38.7 Å². The fourth-order valence-electron chi connectivity index (χ4n) is 3.50. The lowest BCUT2D eigenvalue weighted by Gasteiger charge is -2.26. The highest BCUT2D eigenvalue weighted by Gasteiger charge is 2.20. The summed E-state index contributed by atoms with van der Waals surface area (Å²) in [5, 5.41) is 2.85. The maximum atomic E-state index is 12.9. The number of para-hydroxylation sites is 2. The van der Waals surface area contributed by atoms with Crippen LogP contribution in [0.3, 0.4) is 0 Å². The van der Waals surface area contributed by atoms with Crippen LogP contribution in [0.25, 0.3) is 0 Å². The summed E-state index contributed by atoms with van der Waals surface area (Å²) in [7, 11) is 3.03. The van der Waals surface area contributed by atoms with Crippen molar-refractivity contribution in [3.63, 3.8) is 0 Å². The summed E-state index contributed by atoms with van der Waals surface area (Å²) in [5.41, 5.74) is 1.21. The predicted octanol–water partition coefficient (Wildman–Crippen LogP) is 3.25. The second kappa shape index (κ2) is 10.8. The van der Waals surface area contributed by atoms with Crippen LogP contribution in [-0.4, -0.2) is 63.7 Å². The van der Waals surface area contributed by atoms with Crippen LogP contribution in [0, 0.1) is 0 Å². The second-order valence-corrected chi connectivity index (χ2v) is 7.02. The monoisotopic (exact) mass is 412 g/mol. The fraction of sp³-hybridized carbons (Fsp3) is 0.391. The Morgan fingerprint density at radius 1 is 0.967 bits per heavy atom. The number of carbonyl (C=O) groups excluding carboxylic acids is 2. The molecule has 1 amide bonds. The Kier molecular flexibility index (Phi) is 7.82. The molecule has 0 radical (unpaired) electrons.